The van der Waals surface area contributed by atoms with Crippen LogP contribution in [0.4, 0.5) is 0 Å². The van der Waals surface area contributed by atoms with Crippen molar-refractivity contribution in [3.63, 3.8) is 0 Å². The Bertz CT molecular complexity index is 1270. The molecule has 6 nitrogen and oxygen atoms in total. The van der Waals surface area contributed by atoms with Gasteiger partial charge in [0.05, 0.1) is 16.9 Å². The van der Waals surface area contributed by atoms with E-state index in [1.807, 2.05) is 29.9 Å². The molecule has 5 rings (SSSR count). The van der Waals surface area contributed by atoms with Crippen molar-refractivity contribution in [1.82, 2.24) is 14.8 Å². The highest BCUT2D eigenvalue weighted by Crippen LogP contribution is 2.36. The molecule has 0 atom stereocenters. The number of nitrogens with zero attached hydrogens (tertiary/aromatic N) is 4. The summed E-state index contributed by atoms with van der Waals surface area (Å²) >= 11 is 0. The van der Waals surface area contributed by atoms with E-state index in [1.165, 1.54) is 5.56 Å². The van der Waals surface area contributed by atoms with Crippen molar-refractivity contribution in [3.8, 4) is 17.1 Å². The minimum Gasteiger partial charge on any atom is -0.472 e. The normalized spacial score (nSPS) is 16.1. The van der Waals surface area contributed by atoms with E-state index in [-0.39, 0.29) is 0 Å². The van der Waals surface area contributed by atoms with Crippen molar-refractivity contribution in [2.24, 2.45) is 12.2 Å². The van der Waals surface area contributed by atoms with Gasteiger partial charge in [0.25, 0.3) is 0 Å². The lowest BCUT2D eigenvalue weighted by Gasteiger charge is -2.22. The number of para-hydroxylation sites is 1. The molecule has 2 aromatic heterocycles. The SMILES string of the molecule is CON=C1CCC(c2cn(C)nc2OCc2ccc(-c3ccc4ccccc4n3)cc2)CC1. The first-order chi connectivity index (χ1) is 16.2. The lowest BCUT2D eigenvalue weighted by Crippen LogP contribution is -2.13. The van der Waals surface area contributed by atoms with E-state index in [4.69, 9.17) is 14.6 Å². The molecule has 1 fully saturated rings. The number of pyridine rings is 1. The van der Waals surface area contributed by atoms with E-state index in [1.54, 1.807) is 7.11 Å². The van der Waals surface area contributed by atoms with Crippen LogP contribution in [0.25, 0.3) is 22.2 Å². The van der Waals surface area contributed by atoms with Crippen LogP contribution in [0.3, 0.4) is 0 Å². The van der Waals surface area contributed by atoms with Crippen LogP contribution < -0.4 is 4.74 Å². The largest absolute Gasteiger partial charge is 0.472 e. The standard InChI is InChI=1S/C27H28N4O2/c1-31-17-24(20-11-14-23(15-12-20)30-32-2)27(29-31)33-18-19-7-9-22(10-8-19)26-16-13-21-5-3-4-6-25(21)28-26/h3-10,13,16-17,20H,11-12,14-15,18H2,1-2H3. The summed E-state index contributed by atoms with van der Waals surface area (Å²) in [7, 11) is 3.55. The smallest absolute Gasteiger partial charge is 0.236 e. The third-order valence-electron chi connectivity index (χ3n) is 6.27. The summed E-state index contributed by atoms with van der Waals surface area (Å²) in [5.74, 6) is 1.17. The molecule has 6 heteroatoms. The molecule has 0 unspecified atom stereocenters. The van der Waals surface area contributed by atoms with Gasteiger partial charge in [0.15, 0.2) is 0 Å². The number of oxime groups is 1. The average Bonchev–Trinajstić information content (AvgIpc) is 3.24. The molecular formula is C27H28N4O2. The number of fused-ring (bicyclic) bond motifs is 1. The van der Waals surface area contributed by atoms with Crippen molar-refractivity contribution in [2.45, 2.75) is 38.2 Å². The number of hydrogen-bond acceptors (Lipinski definition) is 5. The molecule has 0 bridgehead atoms. The summed E-state index contributed by atoms with van der Waals surface area (Å²) in [4.78, 5) is 9.73. The quantitative estimate of drug-likeness (QED) is 0.352. The Morgan fingerprint density at radius 3 is 2.58 bits per heavy atom. The fourth-order valence-corrected chi connectivity index (χ4v) is 4.51. The summed E-state index contributed by atoms with van der Waals surface area (Å²) in [5, 5.41) is 9.85. The van der Waals surface area contributed by atoms with Crippen LogP contribution in [0.2, 0.25) is 0 Å². The third kappa shape index (κ3) is 4.75. The lowest BCUT2D eigenvalue weighted by atomic mass is 9.84. The Hall–Kier alpha value is -3.67. The Morgan fingerprint density at radius 2 is 1.79 bits per heavy atom. The van der Waals surface area contributed by atoms with Crippen LogP contribution in [0.5, 0.6) is 5.88 Å². The van der Waals surface area contributed by atoms with E-state index in [2.05, 4.69) is 58.9 Å². The van der Waals surface area contributed by atoms with E-state index in [9.17, 15) is 0 Å². The van der Waals surface area contributed by atoms with Crippen LogP contribution in [0.15, 0.2) is 72.0 Å². The second-order valence-electron chi connectivity index (χ2n) is 8.55. The topological polar surface area (TPSA) is 61.5 Å². The van der Waals surface area contributed by atoms with E-state index in [0.29, 0.717) is 12.5 Å². The maximum absolute atomic E-state index is 6.17. The van der Waals surface area contributed by atoms with Gasteiger partial charge in [-0.05, 0) is 49.3 Å². The maximum atomic E-state index is 6.17. The molecule has 0 spiro atoms. The summed E-state index contributed by atoms with van der Waals surface area (Å²) < 4.78 is 8.02. The number of benzene rings is 2. The van der Waals surface area contributed by atoms with E-state index < -0.39 is 0 Å². The molecule has 0 radical (unpaired) electrons. The molecule has 1 aliphatic rings. The van der Waals surface area contributed by atoms with Gasteiger partial charge in [0, 0.05) is 29.8 Å². The van der Waals surface area contributed by atoms with Gasteiger partial charge >= 0.3 is 0 Å². The van der Waals surface area contributed by atoms with Crippen molar-refractivity contribution in [3.05, 3.63) is 78.0 Å². The van der Waals surface area contributed by atoms with Gasteiger partial charge in [-0.2, -0.15) is 0 Å². The first kappa shape index (κ1) is 21.2. The van der Waals surface area contributed by atoms with E-state index >= 15 is 0 Å². The molecule has 0 amide bonds. The predicted molar refractivity (Wildman–Crippen MR) is 130 cm³/mol. The van der Waals surface area contributed by atoms with Crippen LogP contribution >= 0.6 is 0 Å². The van der Waals surface area contributed by atoms with Crippen LogP contribution in [0, 0.1) is 0 Å². The molecule has 0 N–H and O–H groups in total. The second kappa shape index (κ2) is 9.45. The summed E-state index contributed by atoms with van der Waals surface area (Å²) in [6, 6.07) is 20.8. The zero-order valence-corrected chi connectivity index (χ0v) is 19.1. The first-order valence-electron chi connectivity index (χ1n) is 11.4. The van der Waals surface area contributed by atoms with Gasteiger partial charge in [-0.1, -0.05) is 53.7 Å². The fourth-order valence-electron chi connectivity index (χ4n) is 4.51. The van der Waals surface area contributed by atoms with E-state index in [0.717, 1.165) is 65.0 Å². The Morgan fingerprint density at radius 1 is 1.00 bits per heavy atom. The minimum atomic E-state index is 0.436. The van der Waals surface area contributed by atoms with Crippen LogP contribution in [-0.4, -0.2) is 27.6 Å². The Kier molecular flexibility index (Phi) is 6.07. The molecule has 2 heterocycles. The zero-order chi connectivity index (χ0) is 22.6. The molecule has 0 saturated heterocycles. The molecule has 168 valence electrons. The number of aromatic nitrogens is 3. The molecule has 0 aliphatic heterocycles. The summed E-state index contributed by atoms with van der Waals surface area (Å²) in [6.45, 7) is 0.485. The number of hydrogen-bond donors (Lipinski definition) is 0. The van der Waals surface area contributed by atoms with Gasteiger partial charge in [-0.15, -0.1) is 5.10 Å². The number of rotatable bonds is 6. The number of aryl methyl sites for hydroxylation is 1. The monoisotopic (exact) mass is 440 g/mol. The minimum absolute atomic E-state index is 0.436. The van der Waals surface area contributed by atoms with Gasteiger partial charge in [-0.25, -0.2) is 4.98 Å². The molecule has 1 aliphatic carbocycles. The Labute approximate surface area is 193 Å². The lowest BCUT2D eigenvalue weighted by molar-refractivity contribution is 0.210. The van der Waals surface area contributed by atoms with Gasteiger partial charge in [-0.3, -0.25) is 4.68 Å². The maximum Gasteiger partial charge on any atom is 0.236 e. The van der Waals surface area contributed by atoms with Gasteiger partial charge in [0.1, 0.15) is 13.7 Å². The Balaban J connectivity index is 1.26. The number of ether oxygens (including phenoxy) is 1. The summed E-state index contributed by atoms with van der Waals surface area (Å²) in [5.41, 5.74) is 6.51. The average molecular weight is 441 g/mol. The highest BCUT2D eigenvalue weighted by molar-refractivity contribution is 5.85. The fraction of sp³-hybridized carbons (Fsp3) is 0.296. The highest BCUT2D eigenvalue weighted by atomic mass is 16.6. The molecule has 4 aromatic rings. The first-order valence-corrected chi connectivity index (χ1v) is 11.4. The highest BCUT2D eigenvalue weighted by Gasteiger charge is 2.25. The zero-order valence-electron chi connectivity index (χ0n) is 19.1. The third-order valence-corrected chi connectivity index (χ3v) is 6.27. The van der Waals surface area contributed by atoms with Crippen molar-refractivity contribution in [1.29, 1.82) is 0 Å². The van der Waals surface area contributed by atoms with Crippen molar-refractivity contribution >= 4 is 16.6 Å². The van der Waals surface area contributed by atoms with Crippen LogP contribution in [-0.2, 0) is 18.5 Å². The predicted octanol–water partition coefficient (Wildman–Crippen LogP) is 5.87. The van der Waals surface area contributed by atoms with Gasteiger partial charge < -0.3 is 9.57 Å². The van der Waals surface area contributed by atoms with Crippen molar-refractivity contribution in [2.75, 3.05) is 7.11 Å². The molecule has 1 saturated carbocycles. The second-order valence-corrected chi connectivity index (χ2v) is 8.55. The van der Waals surface area contributed by atoms with Crippen molar-refractivity contribution < 1.29 is 9.57 Å². The molecule has 2 aromatic carbocycles. The molecular weight excluding hydrogens is 412 g/mol. The molecule has 33 heavy (non-hydrogen) atoms. The summed E-state index contributed by atoms with van der Waals surface area (Å²) in [6.07, 6.45) is 6.08. The van der Waals surface area contributed by atoms with Crippen LogP contribution in [0.1, 0.15) is 42.7 Å². The van der Waals surface area contributed by atoms with Gasteiger partial charge in [0.2, 0.25) is 5.88 Å².